The largest absolute Gasteiger partial charge is 0.379 e. The number of nitrogens with one attached hydrogen (secondary N) is 1. The highest BCUT2D eigenvalue weighted by molar-refractivity contribution is 6.30. The highest BCUT2D eigenvalue weighted by Crippen LogP contribution is 2.13. The van der Waals surface area contributed by atoms with Crippen LogP contribution in [0.4, 0.5) is 4.79 Å². The first kappa shape index (κ1) is 20.6. The first-order valence-corrected chi connectivity index (χ1v) is 10.1. The molecule has 2 aromatic rings. The second-order valence-electron chi connectivity index (χ2n) is 6.81. The monoisotopic (exact) mass is 405 g/mol. The standard InChI is InChI=1S/C20H28ClN5O2/c1-2-22-20(27)26(9-8-24-10-12-28-13-11-24)16-19-23-6-7-25(19)15-17-4-3-5-18(21)14-17/h3-7,14H,2,8-13,15-16H2,1H3,(H,22,27). The van der Waals surface area contributed by atoms with Gasteiger partial charge >= 0.3 is 6.03 Å². The third-order valence-corrected chi connectivity index (χ3v) is 5.02. The zero-order valence-corrected chi connectivity index (χ0v) is 17.1. The van der Waals surface area contributed by atoms with Crippen molar-refractivity contribution < 1.29 is 9.53 Å². The molecule has 28 heavy (non-hydrogen) atoms. The molecular formula is C20H28ClN5O2. The average molecular weight is 406 g/mol. The minimum Gasteiger partial charge on any atom is -0.379 e. The van der Waals surface area contributed by atoms with Crippen LogP contribution in [0.5, 0.6) is 0 Å². The van der Waals surface area contributed by atoms with Gasteiger partial charge in [-0.1, -0.05) is 23.7 Å². The van der Waals surface area contributed by atoms with E-state index < -0.39 is 0 Å². The Balaban J connectivity index is 1.66. The third-order valence-electron chi connectivity index (χ3n) is 4.78. The summed E-state index contributed by atoms with van der Waals surface area (Å²) in [6, 6.07) is 7.73. The molecule has 1 aliphatic rings. The highest BCUT2D eigenvalue weighted by atomic mass is 35.5. The molecule has 1 aromatic heterocycles. The van der Waals surface area contributed by atoms with Gasteiger partial charge in [-0.3, -0.25) is 4.90 Å². The fourth-order valence-electron chi connectivity index (χ4n) is 3.24. The van der Waals surface area contributed by atoms with E-state index in [1.165, 1.54) is 0 Å². The van der Waals surface area contributed by atoms with Crippen molar-refractivity contribution in [3.8, 4) is 0 Å². The second-order valence-corrected chi connectivity index (χ2v) is 7.25. The number of carbonyl (C=O) groups is 1. The van der Waals surface area contributed by atoms with Crippen molar-refractivity contribution in [2.45, 2.75) is 20.0 Å². The van der Waals surface area contributed by atoms with Gasteiger partial charge in [-0.05, 0) is 24.6 Å². The molecule has 1 saturated heterocycles. The maximum Gasteiger partial charge on any atom is 0.317 e. The smallest absolute Gasteiger partial charge is 0.317 e. The van der Waals surface area contributed by atoms with Crippen molar-refractivity contribution in [1.29, 1.82) is 0 Å². The fourth-order valence-corrected chi connectivity index (χ4v) is 3.45. The zero-order chi connectivity index (χ0) is 19.8. The lowest BCUT2D eigenvalue weighted by atomic mass is 10.2. The number of imidazole rings is 1. The first-order chi connectivity index (χ1) is 13.7. The van der Waals surface area contributed by atoms with Crippen LogP contribution < -0.4 is 5.32 Å². The van der Waals surface area contributed by atoms with E-state index in [-0.39, 0.29) is 6.03 Å². The van der Waals surface area contributed by atoms with E-state index in [4.69, 9.17) is 16.3 Å². The van der Waals surface area contributed by atoms with E-state index in [1.807, 2.05) is 42.3 Å². The van der Waals surface area contributed by atoms with Crippen molar-refractivity contribution in [2.24, 2.45) is 0 Å². The number of hydrogen-bond donors (Lipinski definition) is 1. The van der Waals surface area contributed by atoms with E-state index in [1.54, 1.807) is 6.20 Å². The molecule has 0 bridgehead atoms. The number of amides is 2. The molecule has 0 unspecified atom stereocenters. The summed E-state index contributed by atoms with van der Waals surface area (Å²) in [7, 11) is 0. The molecule has 3 rings (SSSR count). The fraction of sp³-hybridized carbons (Fsp3) is 0.500. The summed E-state index contributed by atoms with van der Waals surface area (Å²) >= 11 is 6.10. The maximum atomic E-state index is 12.6. The summed E-state index contributed by atoms with van der Waals surface area (Å²) in [6.45, 7) is 8.47. The van der Waals surface area contributed by atoms with Crippen LogP contribution in [-0.4, -0.2) is 71.3 Å². The lowest BCUT2D eigenvalue weighted by molar-refractivity contribution is 0.0345. The summed E-state index contributed by atoms with van der Waals surface area (Å²) in [5.74, 6) is 0.855. The Hall–Kier alpha value is -2.09. The van der Waals surface area contributed by atoms with Crippen LogP contribution in [0.25, 0.3) is 0 Å². The second kappa shape index (κ2) is 10.5. The number of aromatic nitrogens is 2. The molecule has 0 spiro atoms. The number of benzene rings is 1. The summed E-state index contributed by atoms with van der Waals surface area (Å²) in [5.41, 5.74) is 1.10. The quantitative estimate of drug-likeness (QED) is 0.732. The molecule has 1 aliphatic heterocycles. The molecule has 2 heterocycles. The minimum absolute atomic E-state index is 0.0620. The molecule has 8 heteroatoms. The molecule has 0 radical (unpaired) electrons. The zero-order valence-electron chi connectivity index (χ0n) is 16.3. The van der Waals surface area contributed by atoms with Crippen LogP contribution in [0.3, 0.4) is 0 Å². The number of hydrogen-bond acceptors (Lipinski definition) is 4. The molecule has 152 valence electrons. The topological polar surface area (TPSA) is 62.6 Å². The van der Waals surface area contributed by atoms with Crippen LogP contribution in [0.2, 0.25) is 5.02 Å². The molecule has 0 atom stereocenters. The van der Waals surface area contributed by atoms with Crippen molar-refractivity contribution in [3.05, 3.63) is 53.1 Å². The molecule has 1 aromatic carbocycles. The Bertz CT molecular complexity index is 761. The number of urea groups is 1. The van der Waals surface area contributed by atoms with Gasteiger partial charge in [0.15, 0.2) is 0 Å². The summed E-state index contributed by atoms with van der Waals surface area (Å²) in [4.78, 5) is 21.2. The molecule has 0 saturated carbocycles. The number of morpholine rings is 1. The van der Waals surface area contributed by atoms with E-state index in [0.717, 1.165) is 44.2 Å². The lowest BCUT2D eigenvalue weighted by Crippen LogP contribution is -2.46. The number of halogens is 1. The Morgan fingerprint density at radius 2 is 2.18 bits per heavy atom. The van der Waals surface area contributed by atoms with Gasteiger partial charge in [0.2, 0.25) is 0 Å². The van der Waals surface area contributed by atoms with E-state index >= 15 is 0 Å². The van der Waals surface area contributed by atoms with Crippen molar-refractivity contribution in [2.75, 3.05) is 45.9 Å². The minimum atomic E-state index is -0.0620. The van der Waals surface area contributed by atoms with E-state index in [2.05, 4.69) is 19.8 Å². The van der Waals surface area contributed by atoms with Gasteiger partial charge in [0.05, 0.1) is 19.8 Å². The van der Waals surface area contributed by atoms with Gasteiger partial charge < -0.3 is 19.5 Å². The van der Waals surface area contributed by atoms with Gasteiger partial charge in [0.1, 0.15) is 5.82 Å². The van der Waals surface area contributed by atoms with Crippen LogP contribution in [-0.2, 0) is 17.8 Å². The molecule has 0 aliphatic carbocycles. The van der Waals surface area contributed by atoms with Crippen LogP contribution in [0, 0.1) is 0 Å². The van der Waals surface area contributed by atoms with Gasteiger partial charge in [0, 0.05) is 56.7 Å². The van der Waals surface area contributed by atoms with Crippen LogP contribution in [0.1, 0.15) is 18.3 Å². The van der Waals surface area contributed by atoms with Gasteiger partial charge in [-0.25, -0.2) is 9.78 Å². The van der Waals surface area contributed by atoms with E-state index in [0.29, 0.717) is 31.2 Å². The molecule has 1 N–H and O–H groups in total. The molecule has 7 nitrogen and oxygen atoms in total. The van der Waals surface area contributed by atoms with E-state index in [9.17, 15) is 4.79 Å². The van der Waals surface area contributed by atoms with Gasteiger partial charge in [-0.15, -0.1) is 0 Å². The Labute approximate surface area is 171 Å². The Kier molecular flexibility index (Phi) is 7.71. The summed E-state index contributed by atoms with van der Waals surface area (Å²) < 4.78 is 7.46. The SMILES string of the molecule is CCNC(=O)N(CCN1CCOCC1)Cc1nccn1Cc1cccc(Cl)c1. The molecular weight excluding hydrogens is 378 g/mol. The van der Waals surface area contributed by atoms with Crippen LogP contribution >= 0.6 is 11.6 Å². The third kappa shape index (κ3) is 5.95. The maximum absolute atomic E-state index is 12.6. The van der Waals surface area contributed by atoms with Gasteiger partial charge in [-0.2, -0.15) is 0 Å². The average Bonchev–Trinajstić information content (AvgIpc) is 3.12. The molecule has 1 fully saturated rings. The van der Waals surface area contributed by atoms with Crippen molar-refractivity contribution >= 4 is 17.6 Å². The highest BCUT2D eigenvalue weighted by Gasteiger charge is 2.18. The summed E-state index contributed by atoms with van der Waals surface area (Å²) in [5, 5.41) is 3.63. The number of ether oxygens (including phenoxy) is 1. The number of carbonyl (C=O) groups excluding carboxylic acids is 1. The Morgan fingerprint density at radius 3 is 2.93 bits per heavy atom. The normalized spacial score (nSPS) is 14.8. The summed E-state index contributed by atoms with van der Waals surface area (Å²) in [6.07, 6.45) is 3.71. The van der Waals surface area contributed by atoms with Crippen LogP contribution in [0.15, 0.2) is 36.7 Å². The number of nitrogens with zero attached hydrogens (tertiary/aromatic N) is 4. The molecule has 2 amide bonds. The number of rotatable bonds is 8. The van der Waals surface area contributed by atoms with Gasteiger partial charge in [0.25, 0.3) is 0 Å². The predicted molar refractivity (Wildman–Crippen MR) is 110 cm³/mol. The lowest BCUT2D eigenvalue weighted by Gasteiger charge is -2.30. The van der Waals surface area contributed by atoms with Crippen molar-refractivity contribution in [1.82, 2.24) is 24.7 Å². The predicted octanol–water partition coefficient (Wildman–Crippen LogP) is 2.45. The Morgan fingerprint density at radius 1 is 1.36 bits per heavy atom. The van der Waals surface area contributed by atoms with Crippen molar-refractivity contribution in [3.63, 3.8) is 0 Å². The first-order valence-electron chi connectivity index (χ1n) is 9.73.